The van der Waals surface area contributed by atoms with Gasteiger partial charge in [0.05, 0.1) is 24.9 Å². The van der Waals surface area contributed by atoms with Gasteiger partial charge in [0.2, 0.25) is 0 Å². The third-order valence-corrected chi connectivity index (χ3v) is 9.63. The summed E-state index contributed by atoms with van der Waals surface area (Å²) in [4.78, 5) is 43.0. The number of aliphatic hydroxyl groups is 3. The zero-order chi connectivity index (χ0) is 39.9. The number of esters is 2. The van der Waals surface area contributed by atoms with E-state index in [1.54, 1.807) is 12.2 Å². The van der Waals surface area contributed by atoms with Crippen LogP contribution in [-0.2, 0) is 32.9 Å². The second kappa shape index (κ2) is 32.0. The lowest BCUT2D eigenvalue weighted by atomic mass is 9.87. The Labute approximate surface area is 324 Å². The van der Waals surface area contributed by atoms with Crippen molar-refractivity contribution in [2.45, 2.75) is 179 Å². The van der Waals surface area contributed by atoms with E-state index in [-0.39, 0.29) is 25.2 Å². The first-order valence-corrected chi connectivity index (χ1v) is 21.9. The predicted molar refractivity (Wildman–Crippen MR) is 210 cm³/mol. The van der Waals surface area contributed by atoms with Crippen molar-refractivity contribution >= 4 is 19.8 Å². The zero-order valence-electron chi connectivity index (χ0n) is 32.9. The first kappa shape index (κ1) is 49.9. The Morgan fingerprint density at radius 2 is 1.39 bits per heavy atom. The first-order valence-electron chi connectivity index (χ1n) is 20.3. The van der Waals surface area contributed by atoms with Crippen LogP contribution < -0.4 is 0 Å². The van der Waals surface area contributed by atoms with Crippen LogP contribution in [0.15, 0.2) is 48.6 Å². The maximum absolute atomic E-state index is 12.4. The smallest absolute Gasteiger partial charge is 0.462 e. The normalized spacial score (nSPS) is 20.7. The van der Waals surface area contributed by atoms with Crippen molar-refractivity contribution < 1.29 is 58.0 Å². The SMILES string of the molecule is CCCCCC/C=C\C=C/CCCCCCCC(=O)O[C@H](COC(=O)CCC/C=C\C[C@H]1[C@@H](O)CC(O)O[C@@H]1/C=C/[C@@H](O)CCCCC)COP(=O)(O)O. The molecule has 1 aliphatic rings. The molecule has 0 aromatic carbocycles. The van der Waals surface area contributed by atoms with E-state index >= 15 is 0 Å². The van der Waals surface area contributed by atoms with Gasteiger partial charge >= 0.3 is 19.8 Å². The first-order chi connectivity index (χ1) is 25.9. The number of hydrogen-bond acceptors (Lipinski definition) is 10. The van der Waals surface area contributed by atoms with E-state index in [1.807, 2.05) is 12.2 Å². The summed E-state index contributed by atoms with van der Waals surface area (Å²) in [5, 5.41) is 30.8. The van der Waals surface area contributed by atoms with Crippen LogP contribution in [0.4, 0.5) is 0 Å². The van der Waals surface area contributed by atoms with Gasteiger partial charge < -0.3 is 39.3 Å². The van der Waals surface area contributed by atoms with Crippen LogP contribution in [0.5, 0.6) is 0 Å². The molecule has 54 heavy (non-hydrogen) atoms. The fourth-order valence-corrected chi connectivity index (χ4v) is 6.35. The lowest BCUT2D eigenvalue weighted by Gasteiger charge is -2.36. The molecular weight excluding hydrogens is 715 g/mol. The maximum Gasteiger partial charge on any atom is 0.469 e. The highest BCUT2D eigenvalue weighted by atomic mass is 31.2. The molecule has 1 rings (SSSR count). The van der Waals surface area contributed by atoms with Crippen LogP contribution in [0, 0.1) is 5.92 Å². The average molecular weight is 787 g/mol. The summed E-state index contributed by atoms with van der Waals surface area (Å²) in [6.07, 6.45) is 28.8. The van der Waals surface area contributed by atoms with Crippen LogP contribution in [0.2, 0.25) is 0 Å². The van der Waals surface area contributed by atoms with E-state index in [9.17, 15) is 29.5 Å². The van der Waals surface area contributed by atoms with Crippen molar-refractivity contribution in [3.8, 4) is 0 Å². The van der Waals surface area contributed by atoms with Gasteiger partial charge in [0.15, 0.2) is 12.4 Å². The zero-order valence-corrected chi connectivity index (χ0v) is 33.8. The number of carbonyl (C=O) groups excluding carboxylic acids is 2. The minimum atomic E-state index is -4.83. The number of ether oxygens (including phenoxy) is 3. The molecule has 1 unspecified atom stereocenters. The number of unbranched alkanes of at least 4 members (excludes halogenated alkanes) is 12. The molecule has 0 radical (unpaired) electrons. The topological polar surface area (TPSA) is 189 Å². The molecular formula is C41H71O12P. The monoisotopic (exact) mass is 786 g/mol. The van der Waals surface area contributed by atoms with Crippen molar-refractivity contribution in [2.24, 2.45) is 5.92 Å². The number of hydrogen-bond donors (Lipinski definition) is 5. The summed E-state index contributed by atoms with van der Waals surface area (Å²) in [7, 11) is -4.83. The maximum atomic E-state index is 12.4. The molecule has 1 fully saturated rings. The molecule has 5 N–H and O–H groups in total. The Morgan fingerprint density at radius 3 is 2.07 bits per heavy atom. The highest BCUT2D eigenvalue weighted by Gasteiger charge is 2.35. The van der Waals surface area contributed by atoms with Gasteiger partial charge in [-0.15, -0.1) is 0 Å². The van der Waals surface area contributed by atoms with E-state index in [0.717, 1.165) is 57.8 Å². The van der Waals surface area contributed by atoms with Crippen molar-refractivity contribution in [3.05, 3.63) is 48.6 Å². The molecule has 6 atom stereocenters. The molecule has 12 nitrogen and oxygen atoms in total. The Hall–Kier alpha value is -2.15. The van der Waals surface area contributed by atoms with Gasteiger partial charge in [-0.05, 0) is 57.8 Å². The number of rotatable bonds is 32. The number of carbonyl (C=O) groups is 2. The fraction of sp³-hybridized carbons (Fsp3) is 0.756. The highest BCUT2D eigenvalue weighted by Crippen LogP contribution is 2.36. The van der Waals surface area contributed by atoms with Crippen LogP contribution in [0.3, 0.4) is 0 Å². The molecule has 1 aliphatic heterocycles. The van der Waals surface area contributed by atoms with Gasteiger partial charge in [-0.25, -0.2) is 4.57 Å². The van der Waals surface area contributed by atoms with E-state index in [0.29, 0.717) is 32.1 Å². The van der Waals surface area contributed by atoms with Gasteiger partial charge in [0.1, 0.15) is 6.61 Å². The summed E-state index contributed by atoms with van der Waals surface area (Å²) >= 11 is 0. The van der Waals surface area contributed by atoms with E-state index in [1.165, 1.54) is 25.7 Å². The van der Waals surface area contributed by atoms with Crippen LogP contribution in [-0.4, -0.2) is 81.0 Å². The average Bonchev–Trinajstić information content (AvgIpc) is 3.12. The predicted octanol–water partition coefficient (Wildman–Crippen LogP) is 8.06. The van der Waals surface area contributed by atoms with Crippen molar-refractivity contribution in [3.63, 3.8) is 0 Å². The number of allylic oxidation sites excluding steroid dienone is 6. The van der Waals surface area contributed by atoms with E-state index in [2.05, 4.69) is 42.7 Å². The van der Waals surface area contributed by atoms with Crippen molar-refractivity contribution in [2.75, 3.05) is 13.2 Å². The summed E-state index contributed by atoms with van der Waals surface area (Å²) in [6.45, 7) is 3.30. The minimum absolute atomic E-state index is 0.0681. The molecule has 0 bridgehead atoms. The van der Waals surface area contributed by atoms with Gasteiger partial charge in [-0.3, -0.25) is 14.1 Å². The Balaban J connectivity index is 2.36. The van der Waals surface area contributed by atoms with E-state index < -0.39 is 63.7 Å². The van der Waals surface area contributed by atoms with Crippen molar-refractivity contribution in [1.29, 1.82) is 0 Å². The Kier molecular flexibility index (Phi) is 29.5. The summed E-state index contributed by atoms with van der Waals surface area (Å²) < 4.78 is 32.0. The van der Waals surface area contributed by atoms with Crippen LogP contribution in [0.1, 0.15) is 149 Å². The second-order valence-electron chi connectivity index (χ2n) is 14.2. The fourth-order valence-electron chi connectivity index (χ4n) is 5.99. The summed E-state index contributed by atoms with van der Waals surface area (Å²) in [5.74, 6) is -1.41. The lowest BCUT2D eigenvalue weighted by molar-refractivity contribution is -0.199. The molecule has 312 valence electrons. The van der Waals surface area contributed by atoms with E-state index in [4.69, 9.17) is 24.0 Å². The quantitative estimate of drug-likeness (QED) is 0.0145. The molecule has 0 aromatic heterocycles. The minimum Gasteiger partial charge on any atom is -0.462 e. The third kappa shape index (κ3) is 28.3. The third-order valence-electron chi connectivity index (χ3n) is 9.14. The molecule has 0 saturated carbocycles. The summed E-state index contributed by atoms with van der Waals surface area (Å²) in [5.41, 5.74) is 0. The molecule has 0 aromatic rings. The van der Waals surface area contributed by atoms with Crippen LogP contribution in [0.25, 0.3) is 0 Å². The number of phosphoric ester groups is 1. The second-order valence-corrected chi connectivity index (χ2v) is 15.4. The number of aliphatic hydroxyl groups excluding tert-OH is 3. The van der Waals surface area contributed by atoms with Gasteiger partial charge in [-0.2, -0.15) is 0 Å². The number of phosphoric acid groups is 1. The lowest BCUT2D eigenvalue weighted by Crippen LogP contribution is -2.43. The van der Waals surface area contributed by atoms with Gasteiger partial charge in [0.25, 0.3) is 0 Å². The largest absolute Gasteiger partial charge is 0.469 e. The Bertz CT molecular complexity index is 1130. The van der Waals surface area contributed by atoms with Gasteiger partial charge in [-0.1, -0.05) is 120 Å². The summed E-state index contributed by atoms with van der Waals surface area (Å²) in [6, 6.07) is 0. The molecule has 13 heteroatoms. The van der Waals surface area contributed by atoms with Crippen molar-refractivity contribution in [1.82, 2.24) is 0 Å². The Morgan fingerprint density at radius 1 is 0.778 bits per heavy atom. The van der Waals surface area contributed by atoms with Gasteiger partial charge in [0, 0.05) is 25.2 Å². The molecule has 0 spiro atoms. The molecule has 1 saturated heterocycles. The molecule has 0 amide bonds. The standard InChI is InChI=1S/C41H71O12P/c1-3-5-7-8-9-10-11-12-13-14-15-16-17-18-24-28-40(45)52-35(33-51-54(47,48)49)32-50-39(44)27-23-20-19-22-26-36-37(43)31-41(46)53-38(36)30-29-34(42)25-21-6-4-2/h10-13,19,22,29-30,34-38,41-43,46H,3-9,14-18,20-21,23-28,31-33H2,1-2H3,(H2,47,48,49)/b11-10-,13-12-,22-19-,30-29+/t34-,35+,36-,37-,38+,41?/m0/s1. The molecule has 1 heterocycles. The van der Waals surface area contributed by atoms with Crippen LogP contribution >= 0.6 is 7.82 Å². The molecule has 0 aliphatic carbocycles. The highest BCUT2D eigenvalue weighted by molar-refractivity contribution is 7.46.